The fourth-order valence-electron chi connectivity index (χ4n) is 2.20. The standard InChI is InChI=1S/C12H14N8O6/c1-6-10(19(23)24)11(20(25)26)16-18(6)5-8(21)14-7-4-17(3)15-9(7)12(22)13-2/h4H,5H2,1-3H3,(H,13,22)(H,14,21). The maximum absolute atomic E-state index is 12.2. The van der Waals surface area contributed by atoms with Crippen molar-refractivity contribution in [2.75, 3.05) is 12.4 Å². The van der Waals surface area contributed by atoms with E-state index in [4.69, 9.17) is 0 Å². The first-order chi connectivity index (χ1) is 12.1. The third kappa shape index (κ3) is 3.47. The van der Waals surface area contributed by atoms with Crippen molar-refractivity contribution in [3.8, 4) is 0 Å². The maximum Gasteiger partial charge on any atom is 0.468 e. The van der Waals surface area contributed by atoms with E-state index in [1.54, 1.807) is 7.05 Å². The number of nitrogens with one attached hydrogen (secondary N) is 2. The topological polar surface area (TPSA) is 180 Å². The molecule has 26 heavy (non-hydrogen) atoms. The molecule has 0 spiro atoms. The van der Waals surface area contributed by atoms with Crippen molar-refractivity contribution in [2.45, 2.75) is 13.5 Å². The molecular weight excluding hydrogens is 352 g/mol. The quantitative estimate of drug-likeness (QED) is 0.518. The summed E-state index contributed by atoms with van der Waals surface area (Å²) in [5.74, 6) is -2.17. The Kier molecular flexibility index (Phi) is 4.95. The average Bonchev–Trinajstić information content (AvgIpc) is 3.07. The first-order valence-corrected chi connectivity index (χ1v) is 7.07. The van der Waals surface area contributed by atoms with Crippen molar-refractivity contribution < 1.29 is 19.4 Å². The molecule has 0 radical (unpaired) electrons. The van der Waals surface area contributed by atoms with Crippen LogP contribution in [0.1, 0.15) is 16.2 Å². The number of amides is 2. The number of carbonyl (C=O) groups excluding carboxylic acids is 2. The van der Waals surface area contributed by atoms with E-state index in [9.17, 15) is 29.8 Å². The predicted molar refractivity (Wildman–Crippen MR) is 85.5 cm³/mol. The highest BCUT2D eigenvalue weighted by molar-refractivity contribution is 6.02. The van der Waals surface area contributed by atoms with Gasteiger partial charge in [0.05, 0.1) is 15.7 Å². The second kappa shape index (κ2) is 6.96. The Hall–Kier alpha value is -3.84. The third-order valence-electron chi connectivity index (χ3n) is 3.35. The number of aromatic nitrogens is 4. The Morgan fingerprint density at radius 2 is 1.88 bits per heavy atom. The molecule has 2 aromatic heterocycles. The fourth-order valence-corrected chi connectivity index (χ4v) is 2.20. The molecule has 0 unspecified atom stereocenters. The normalized spacial score (nSPS) is 10.4. The molecule has 0 aromatic carbocycles. The molecule has 0 aliphatic heterocycles. The lowest BCUT2D eigenvalue weighted by atomic mass is 10.3. The Labute approximate surface area is 145 Å². The molecule has 14 nitrogen and oxygen atoms in total. The van der Waals surface area contributed by atoms with E-state index in [1.165, 1.54) is 24.9 Å². The highest BCUT2D eigenvalue weighted by Crippen LogP contribution is 2.29. The molecule has 14 heteroatoms. The SMILES string of the molecule is CNC(=O)c1nn(C)cc1NC(=O)Cn1nc([N+](=O)[O-])c([N+](=O)[O-])c1C. The van der Waals surface area contributed by atoms with Gasteiger partial charge in [-0.2, -0.15) is 9.78 Å². The molecule has 0 bridgehead atoms. The minimum atomic E-state index is -0.996. The smallest absolute Gasteiger partial charge is 0.358 e. The summed E-state index contributed by atoms with van der Waals surface area (Å²) in [4.78, 5) is 43.9. The average molecular weight is 366 g/mol. The van der Waals surface area contributed by atoms with Crippen LogP contribution >= 0.6 is 0 Å². The minimum Gasteiger partial charge on any atom is -0.358 e. The van der Waals surface area contributed by atoms with Crippen LogP contribution in [0.15, 0.2) is 6.20 Å². The number of rotatable bonds is 6. The first kappa shape index (κ1) is 18.5. The van der Waals surface area contributed by atoms with E-state index in [1.807, 2.05) is 0 Å². The Morgan fingerprint density at radius 1 is 1.23 bits per heavy atom. The van der Waals surface area contributed by atoms with Gasteiger partial charge in [0.1, 0.15) is 12.2 Å². The van der Waals surface area contributed by atoms with Gasteiger partial charge in [0, 0.05) is 20.3 Å². The van der Waals surface area contributed by atoms with Gasteiger partial charge in [-0.25, -0.2) is 0 Å². The molecule has 0 fully saturated rings. The lowest BCUT2D eigenvalue weighted by Crippen LogP contribution is -2.24. The summed E-state index contributed by atoms with van der Waals surface area (Å²) in [6.45, 7) is 0.716. The van der Waals surface area contributed by atoms with Crippen molar-refractivity contribution >= 4 is 29.0 Å². The highest BCUT2D eigenvalue weighted by Gasteiger charge is 2.35. The number of nitro groups is 2. The minimum absolute atomic E-state index is 0.0301. The highest BCUT2D eigenvalue weighted by atomic mass is 16.6. The molecule has 2 amide bonds. The van der Waals surface area contributed by atoms with Gasteiger partial charge < -0.3 is 20.7 Å². The van der Waals surface area contributed by atoms with Crippen molar-refractivity contribution in [3.63, 3.8) is 0 Å². The molecule has 2 rings (SSSR count). The summed E-state index contributed by atoms with van der Waals surface area (Å²) >= 11 is 0. The molecule has 0 saturated heterocycles. The molecular formula is C12H14N8O6. The van der Waals surface area contributed by atoms with Gasteiger partial charge in [-0.15, -0.1) is 0 Å². The molecule has 2 N–H and O–H groups in total. The van der Waals surface area contributed by atoms with Crippen molar-refractivity contribution in [2.24, 2.45) is 7.05 Å². The van der Waals surface area contributed by atoms with Crippen LogP contribution in [0.3, 0.4) is 0 Å². The van der Waals surface area contributed by atoms with Gasteiger partial charge in [0.15, 0.2) is 5.69 Å². The van der Waals surface area contributed by atoms with E-state index < -0.39 is 39.7 Å². The molecule has 0 atom stereocenters. The zero-order valence-corrected chi connectivity index (χ0v) is 13.9. The second-order valence-electron chi connectivity index (χ2n) is 5.12. The van der Waals surface area contributed by atoms with Gasteiger partial charge in [0.2, 0.25) is 5.91 Å². The van der Waals surface area contributed by atoms with Crippen LogP contribution in [-0.4, -0.2) is 48.3 Å². The molecule has 0 saturated carbocycles. The molecule has 0 aliphatic rings. The van der Waals surface area contributed by atoms with Crippen LogP contribution in [0, 0.1) is 27.2 Å². The number of hydrogen-bond donors (Lipinski definition) is 2. The molecule has 0 aliphatic carbocycles. The maximum atomic E-state index is 12.2. The number of carbonyl (C=O) groups is 2. The molecule has 2 heterocycles. The van der Waals surface area contributed by atoms with Crippen LogP contribution in [0.2, 0.25) is 0 Å². The monoisotopic (exact) mass is 366 g/mol. The number of nitrogens with zero attached hydrogens (tertiary/aromatic N) is 6. The largest absolute Gasteiger partial charge is 0.468 e. The van der Waals surface area contributed by atoms with E-state index in [-0.39, 0.29) is 17.1 Å². The molecule has 2 aromatic rings. The zero-order chi connectivity index (χ0) is 19.6. The van der Waals surface area contributed by atoms with Gasteiger partial charge in [-0.1, -0.05) is 0 Å². The summed E-state index contributed by atoms with van der Waals surface area (Å²) in [7, 11) is 2.94. The van der Waals surface area contributed by atoms with Crippen LogP contribution in [0.4, 0.5) is 17.2 Å². The van der Waals surface area contributed by atoms with Gasteiger partial charge >= 0.3 is 11.5 Å². The van der Waals surface area contributed by atoms with Gasteiger partial charge in [-0.05, 0) is 11.8 Å². The number of aryl methyl sites for hydroxylation is 1. The van der Waals surface area contributed by atoms with Crippen molar-refractivity contribution in [3.05, 3.63) is 37.8 Å². The molecule has 138 valence electrons. The Balaban J connectivity index is 2.27. The Morgan fingerprint density at radius 3 is 2.38 bits per heavy atom. The lowest BCUT2D eigenvalue weighted by Gasteiger charge is -2.04. The van der Waals surface area contributed by atoms with E-state index in [2.05, 4.69) is 20.8 Å². The van der Waals surface area contributed by atoms with Crippen LogP contribution in [0.25, 0.3) is 0 Å². The van der Waals surface area contributed by atoms with Crippen molar-refractivity contribution in [1.82, 2.24) is 24.9 Å². The van der Waals surface area contributed by atoms with E-state index in [0.717, 1.165) is 4.68 Å². The second-order valence-corrected chi connectivity index (χ2v) is 5.12. The summed E-state index contributed by atoms with van der Waals surface area (Å²) < 4.78 is 2.16. The van der Waals surface area contributed by atoms with Gasteiger partial charge in [0.25, 0.3) is 5.91 Å². The Bertz CT molecular complexity index is 913. The van der Waals surface area contributed by atoms with Crippen LogP contribution in [0.5, 0.6) is 0 Å². The lowest BCUT2D eigenvalue weighted by molar-refractivity contribution is -0.424. The number of hydrogen-bond acceptors (Lipinski definition) is 8. The number of anilines is 1. The van der Waals surface area contributed by atoms with E-state index >= 15 is 0 Å². The summed E-state index contributed by atoms with van der Waals surface area (Å²) in [5.41, 5.74) is -0.840. The fraction of sp³-hybridized carbons (Fsp3) is 0.333. The van der Waals surface area contributed by atoms with Crippen molar-refractivity contribution in [1.29, 1.82) is 0 Å². The summed E-state index contributed by atoms with van der Waals surface area (Å²) in [6, 6.07) is 0. The predicted octanol–water partition coefficient (Wildman–Crippen LogP) is -0.260. The summed E-state index contributed by atoms with van der Waals surface area (Å²) in [6.07, 6.45) is 1.39. The van der Waals surface area contributed by atoms with E-state index in [0.29, 0.717) is 0 Å². The summed E-state index contributed by atoms with van der Waals surface area (Å²) in [5, 5.41) is 34.1. The van der Waals surface area contributed by atoms with Gasteiger partial charge in [-0.3, -0.25) is 24.4 Å². The van der Waals surface area contributed by atoms with Crippen LogP contribution < -0.4 is 10.6 Å². The zero-order valence-electron chi connectivity index (χ0n) is 13.9. The third-order valence-corrected chi connectivity index (χ3v) is 3.35. The van der Waals surface area contributed by atoms with Crippen LogP contribution in [-0.2, 0) is 18.4 Å². The first-order valence-electron chi connectivity index (χ1n) is 7.07.